The van der Waals surface area contributed by atoms with E-state index >= 15 is 0 Å². The summed E-state index contributed by atoms with van der Waals surface area (Å²) in [6.07, 6.45) is 0. The summed E-state index contributed by atoms with van der Waals surface area (Å²) in [5, 5.41) is 0. The molecule has 5 nitrogen and oxygen atoms in total. The fourth-order valence-corrected chi connectivity index (χ4v) is 2.61. The Morgan fingerprint density at radius 2 is 1.60 bits per heavy atom. The van der Waals surface area contributed by atoms with Crippen molar-refractivity contribution in [1.82, 2.24) is 4.90 Å². The summed E-state index contributed by atoms with van der Waals surface area (Å²) in [5.41, 5.74) is 1.86. The van der Waals surface area contributed by atoms with Gasteiger partial charge in [0.2, 0.25) is 0 Å². The lowest BCUT2D eigenvalue weighted by Gasteiger charge is -2.30. The minimum Gasteiger partial charge on any atom is -0.378 e. The van der Waals surface area contributed by atoms with Crippen LogP contribution in [-0.4, -0.2) is 63.4 Å². The van der Waals surface area contributed by atoms with Gasteiger partial charge >= 0.3 is 0 Å². The highest BCUT2D eigenvalue weighted by atomic mass is 16.5. The van der Waals surface area contributed by atoms with Crippen LogP contribution in [0.2, 0.25) is 0 Å². The average Bonchev–Trinajstić information content (AvgIpc) is 2.56. The summed E-state index contributed by atoms with van der Waals surface area (Å²) < 4.78 is 10.7. The molecule has 2 fully saturated rings. The lowest BCUT2D eigenvalue weighted by atomic mass is 10.1. The van der Waals surface area contributed by atoms with Gasteiger partial charge in [-0.3, -0.25) is 4.79 Å². The Kier molecular flexibility index (Phi) is 4.18. The maximum absolute atomic E-state index is 12.5. The van der Waals surface area contributed by atoms with Gasteiger partial charge in [0.25, 0.3) is 5.91 Å². The summed E-state index contributed by atoms with van der Waals surface area (Å²) in [6, 6.07) is 7.89. The van der Waals surface area contributed by atoms with Crippen molar-refractivity contribution >= 4 is 11.6 Å². The van der Waals surface area contributed by atoms with Crippen molar-refractivity contribution in [2.24, 2.45) is 0 Å². The zero-order chi connectivity index (χ0) is 13.8. The Bertz CT molecular complexity index is 466. The van der Waals surface area contributed by atoms with E-state index in [9.17, 15) is 4.79 Å². The zero-order valence-corrected chi connectivity index (χ0v) is 11.6. The molecule has 0 saturated carbocycles. The molecule has 5 heteroatoms. The maximum Gasteiger partial charge on any atom is 0.254 e. The third kappa shape index (κ3) is 2.94. The molecular formula is C15H20N2O3. The number of carbonyl (C=O) groups is 1. The number of nitrogens with zero attached hydrogens (tertiary/aromatic N) is 2. The Hall–Kier alpha value is -1.59. The van der Waals surface area contributed by atoms with Gasteiger partial charge in [-0.2, -0.15) is 0 Å². The first-order chi connectivity index (χ1) is 9.84. The summed E-state index contributed by atoms with van der Waals surface area (Å²) in [4.78, 5) is 16.6. The maximum atomic E-state index is 12.5. The largest absolute Gasteiger partial charge is 0.378 e. The van der Waals surface area contributed by atoms with Gasteiger partial charge in [0, 0.05) is 37.4 Å². The number of ether oxygens (including phenoxy) is 2. The number of benzene rings is 1. The van der Waals surface area contributed by atoms with E-state index < -0.39 is 0 Å². The highest BCUT2D eigenvalue weighted by Gasteiger charge is 2.19. The quantitative estimate of drug-likeness (QED) is 0.808. The minimum absolute atomic E-state index is 0.100. The van der Waals surface area contributed by atoms with E-state index in [1.807, 2.05) is 23.1 Å². The van der Waals surface area contributed by atoms with Crippen molar-refractivity contribution in [3.05, 3.63) is 29.8 Å². The number of amides is 1. The smallest absolute Gasteiger partial charge is 0.254 e. The van der Waals surface area contributed by atoms with Crippen molar-refractivity contribution in [2.75, 3.05) is 57.5 Å². The summed E-state index contributed by atoms with van der Waals surface area (Å²) in [6.45, 7) is 5.90. The average molecular weight is 276 g/mol. The number of rotatable bonds is 2. The monoisotopic (exact) mass is 276 g/mol. The van der Waals surface area contributed by atoms with Gasteiger partial charge < -0.3 is 19.3 Å². The number of morpholine rings is 2. The number of anilines is 1. The van der Waals surface area contributed by atoms with Crippen LogP contribution in [0.3, 0.4) is 0 Å². The van der Waals surface area contributed by atoms with Gasteiger partial charge in [0.1, 0.15) is 0 Å². The van der Waals surface area contributed by atoms with Crippen LogP contribution in [0.15, 0.2) is 24.3 Å². The van der Waals surface area contributed by atoms with E-state index in [0.717, 1.165) is 37.6 Å². The molecule has 3 rings (SSSR count). The number of hydrogen-bond acceptors (Lipinski definition) is 4. The van der Waals surface area contributed by atoms with Crippen LogP contribution < -0.4 is 4.90 Å². The molecule has 0 radical (unpaired) electrons. The van der Waals surface area contributed by atoms with Gasteiger partial charge in [0.15, 0.2) is 0 Å². The highest BCUT2D eigenvalue weighted by Crippen LogP contribution is 2.19. The zero-order valence-electron chi connectivity index (χ0n) is 11.6. The first kappa shape index (κ1) is 13.4. The normalized spacial score (nSPS) is 20.0. The molecule has 2 aliphatic heterocycles. The number of carbonyl (C=O) groups excluding carboxylic acids is 1. The Balaban J connectivity index is 1.74. The van der Waals surface area contributed by atoms with Gasteiger partial charge in [0.05, 0.1) is 26.4 Å². The molecule has 2 heterocycles. The molecule has 1 aromatic carbocycles. The molecule has 1 aromatic rings. The molecule has 20 heavy (non-hydrogen) atoms. The van der Waals surface area contributed by atoms with Gasteiger partial charge in [-0.05, 0) is 18.2 Å². The summed E-state index contributed by atoms with van der Waals surface area (Å²) >= 11 is 0. The number of hydrogen-bond donors (Lipinski definition) is 0. The van der Waals surface area contributed by atoms with Crippen LogP contribution in [0.1, 0.15) is 10.4 Å². The van der Waals surface area contributed by atoms with Crippen molar-refractivity contribution in [3.8, 4) is 0 Å². The topological polar surface area (TPSA) is 42.0 Å². The lowest BCUT2D eigenvalue weighted by molar-refractivity contribution is 0.0303. The Morgan fingerprint density at radius 3 is 2.30 bits per heavy atom. The van der Waals surface area contributed by atoms with Crippen LogP contribution in [0, 0.1) is 0 Å². The lowest BCUT2D eigenvalue weighted by Crippen LogP contribution is -2.41. The van der Waals surface area contributed by atoms with E-state index in [-0.39, 0.29) is 5.91 Å². The molecule has 108 valence electrons. The molecule has 2 aliphatic rings. The van der Waals surface area contributed by atoms with Crippen LogP contribution in [0.4, 0.5) is 5.69 Å². The molecular weight excluding hydrogens is 256 g/mol. The molecule has 0 unspecified atom stereocenters. The standard InChI is InChI=1S/C15H20N2O3/c18-15(17-6-10-20-11-7-17)13-2-1-3-14(12-13)16-4-8-19-9-5-16/h1-3,12H,4-11H2. The molecule has 2 saturated heterocycles. The Morgan fingerprint density at radius 1 is 0.950 bits per heavy atom. The minimum atomic E-state index is 0.100. The van der Waals surface area contributed by atoms with Gasteiger partial charge in [-0.1, -0.05) is 6.07 Å². The first-order valence-corrected chi connectivity index (χ1v) is 7.14. The van der Waals surface area contributed by atoms with E-state index in [0.29, 0.717) is 26.3 Å². The van der Waals surface area contributed by atoms with Crippen molar-refractivity contribution in [2.45, 2.75) is 0 Å². The fraction of sp³-hybridized carbons (Fsp3) is 0.533. The predicted molar refractivity (Wildman–Crippen MR) is 76.2 cm³/mol. The molecule has 0 spiro atoms. The SMILES string of the molecule is O=C(c1cccc(N2CCOCC2)c1)N1CCOCC1. The van der Waals surface area contributed by atoms with Crippen molar-refractivity contribution < 1.29 is 14.3 Å². The van der Waals surface area contributed by atoms with E-state index in [4.69, 9.17) is 9.47 Å². The molecule has 0 aromatic heterocycles. The van der Waals surface area contributed by atoms with Crippen molar-refractivity contribution in [1.29, 1.82) is 0 Å². The van der Waals surface area contributed by atoms with E-state index in [1.54, 1.807) is 0 Å². The van der Waals surface area contributed by atoms with Gasteiger partial charge in [-0.15, -0.1) is 0 Å². The molecule has 0 aliphatic carbocycles. The Labute approximate surface area is 119 Å². The second-order valence-corrected chi connectivity index (χ2v) is 5.05. The molecule has 1 amide bonds. The molecule has 0 bridgehead atoms. The summed E-state index contributed by atoms with van der Waals surface area (Å²) in [7, 11) is 0. The van der Waals surface area contributed by atoms with Crippen LogP contribution in [0.5, 0.6) is 0 Å². The third-order valence-corrected chi connectivity index (χ3v) is 3.77. The predicted octanol–water partition coefficient (Wildman–Crippen LogP) is 0.996. The van der Waals surface area contributed by atoms with Crippen LogP contribution in [-0.2, 0) is 9.47 Å². The van der Waals surface area contributed by atoms with Gasteiger partial charge in [-0.25, -0.2) is 0 Å². The van der Waals surface area contributed by atoms with E-state index in [1.165, 1.54) is 0 Å². The van der Waals surface area contributed by atoms with Crippen LogP contribution in [0.25, 0.3) is 0 Å². The van der Waals surface area contributed by atoms with Crippen molar-refractivity contribution in [3.63, 3.8) is 0 Å². The van der Waals surface area contributed by atoms with Crippen LogP contribution >= 0.6 is 0 Å². The second-order valence-electron chi connectivity index (χ2n) is 5.05. The summed E-state index contributed by atoms with van der Waals surface area (Å²) in [5.74, 6) is 0.100. The molecule has 0 atom stereocenters. The van der Waals surface area contributed by atoms with E-state index in [2.05, 4.69) is 11.0 Å². The second kappa shape index (κ2) is 6.24. The fourth-order valence-electron chi connectivity index (χ4n) is 2.61. The molecule has 0 N–H and O–H groups in total. The third-order valence-electron chi connectivity index (χ3n) is 3.77. The highest BCUT2D eigenvalue weighted by molar-refractivity contribution is 5.95. The first-order valence-electron chi connectivity index (χ1n) is 7.14.